The van der Waals surface area contributed by atoms with Crippen molar-refractivity contribution in [3.8, 4) is 0 Å². The molecule has 2 N–H and O–H groups in total. The molecule has 0 bridgehead atoms. The van der Waals surface area contributed by atoms with Crippen molar-refractivity contribution in [2.24, 2.45) is 0 Å². The minimum absolute atomic E-state index is 0.0152. The third-order valence-electron chi connectivity index (χ3n) is 3.63. The summed E-state index contributed by atoms with van der Waals surface area (Å²) in [7, 11) is 0. The van der Waals surface area contributed by atoms with Crippen molar-refractivity contribution in [2.75, 3.05) is 31.1 Å². The zero-order chi connectivity index (χ0) is 14.7. The van der Waals surface area contributed by atoms with Gasteiger partial charge in [-0.25, -0.2) is 9.97 Å². The van der Waals surface area contributed by atoms with Crippen LogP contribution in [0.15, 0.2) is 30.5 Å². The molecule has 1 aromatic heterocycles. The monoisotopic (exact) mass is 285 g/mol. The van der Waals surface area contributed by atoms with E-state index in [-0.39, 0.29) is 11.9 Å². The highest BCUT2D eigenvalue weighted by Crippen LogP contribution is 2.17. The lowest BCUT2D eigenvalue weighted by Crippen LogP contribution is -2.58. The third kappa shape index (κ3) is 2.80. The zero-order valence-electron chi connectivity index (χ0n) is 12.0. The van der Waals surface area contributed by atoms with E-state index in [9.17, 15) is 4.79 Å². The maximum Gasteiger partial charge on any atom is 0.244 e. The number of anilines is 1. The van der Waals surface area contributed by atoms with Gasteiger partial charge in [0.25, 0.3) is 0 Å². The number of benzene rings is 1. The Bertz CT molecular complexity index is 645. The van der Waals surface area contributed by atoms with Crippen LogP contribution in [0.5, 0.6) is 0 Å². The van der Waals surface area contributed by atoms with E-state index < -0.39 is 0 Å². The molecule has 3 rings (SSSR count). The summed E-state index contributed by atoms with van der Waals surface area (Å²) in [4.78, 5) is 23.2. The van der Waals surface area contributed by atoms with Crippen LogP contribution in [0.3, 0.4) is 0 Å². The molecule has 1 fully saturated rings. The topological polar surface area (TPSA) is 70.2 Å². The molecule has 0 spiro atoms. The van der Waals surface area contributed by atoms with E-state index in [1.807, 2.05) is 42.3 Å². The first kappa shape index (κ1) is 13.8. The van der Waals surface area contributed by atoms with Gasteiger partial charge in [0.2, 0.25) is 11.9 Å². The molecule has 1 amide bonds. The molecular weight excluding hydrogens is 266 g/mol. The molecule has 1 unspecified atom stereocenters. The number of hydrogen-bond acceptors (Lipinski definition) is 5. The maximum atomic E-state index is 12.2. The zero-order valence-corrected chi connectivity index (χ0v) is 12.0. The van der Waals surface area contributed by atoms with Crippen LogP contribution in [0.4, 0.5) is 5.95 Å². The van der Waals surface area contributed by atoms with Gasteiger partial charge in [-0.2, -0.15) is 0 Å². The predicted molar refractivity (Wildman–Crippen MR) is 82.2 cm³/mol. The molecule has 1 aliphatic heterocycles. The van der Waals surface area contributed by atoms with Crippen molar-refractivity contribution in [2.45, 2.75) is 13.0 Å². The van der Waals surface area contributed by atoms with Crippen molar-refractivity contribution in [1.82, 2.24) is 20.6 Å². The quantitative estimate of drug-likeness (QED) is 0.861. The summed E-state index contributed by atoms with van der Waals surface area (Å²) in [5.74, 6) is 0.632. The minimum Gasteiger partial charge on any atom is -0.355 e. The molecule has 2 aromatic rings. The number of aromatic nitrogens is 2. The number of amides is 1. The lowest BCUT2D eigenvalue weighted by Gasteiger charge is -2.35. The largest absolute Gasteiger partial charge is 0.355 e. The Morgan fingerprint density at radius 3 is 3.19 bits per heavy atom. The van der Waals surface area contributed by atoms with Gasteiger partial charge in [0, 0.05) is 37.8 Å². The molecule has 110 valence electrons. The molecule has 0 aliphatic carbocycles. The average molecular weight is 285 g/mol. The van der Waals surface area contributed by atoms with Gasteiger partial charge in [-0.15, -0.1) is 0 Å². The van der Waals surface area contributed by atoms with Gasteiger partial charge in [0.1, 0.15) is 6.04 Å². The number of carbonyl (C=O) groups excluding carboxylic acids is 1. The average Bonchev–Trinajstić information content (AvgIpc) is 2.54. The van der Waals surface area contributed by atoms with Gasteiger partial charge < -0.3 is 15.5 Å². The summed E-state index contributed by atoms with van der Waals surface area (Å²) in [5, 5.41) is 7.13. The summed E-state index contributed by atoms with van der Waals surface area (Å²) < 4.78 is 0. The third-order valence-corrected chi connectivity index (χ3v) is 3.63. The fourth-order valence-corrected chi connectivity index (χ4v) is 2.57. The number of hydrogen-bond donors (Lipinski definition) is 2. The number of rotatable bonds is 3. The van der Waals surface area contributed by atoms with E-state index in [1.54, 1.807) is 0 Å². The fourth-order valence-electron chi connectivity index (χ4n) is 2.57. The fraction of sp³-hybridized carbons (Fsp3) is 0.400. The van der Waals surface area contributed by atoms with Crippen LogP contribution in [-0.2, 0) is 4.79 Å². The molecule has 6 nitrogen and oxygen atoms in total. The molecule has 0 saturated carbocycles. The predicted octanol–water partition coefficient (Wildman–Crippen LogP) is 0.544. The van der Waals surface area contributed by atoms with Crippen LogP contribution in [-0.4, -0.2) is 48.1 Å². The lowest BCUT2D eigenvalue weighted by atomic mass is 10.2. The number of nitrogens with one attached hydrogen (secondary N) is 2. The molecule has 1 saturated heterocycles. The van der Waals surface area contributed by atoms with Crippen LogP contribution in [0.1, 0.15) is 6.92 Å². The smallest absolute Gasteiger partial charge is 0.244 e. The van der Waals surface area contributed by atoms with Crippen molar-refractivity contribution in [3.63, 3.8) is 0 Å². The molecule has 1 aromatic carbocycles. The van der Waals surface area contributed by atoms with Crippen molar-refractivity contribution in [1.29, 1.82) is 0 Å². The van der Waals surface area contributed by atoms with Gasteiger partial charge in [-0.1, -0.05) is 18.2 Å². The van der Waals surface area contributed by atoms with Crippen LogP contribution >= 0.6 is 0 Å². The van der Waals surface area contributed by atoms with Gasteiger partial charge in [-0.05, 0) is 13.0 Å². The Morgan fingerprint density at radius 2 is 2.33 bits per heavy atom. The summed E-state index contributed by atoms with van der Waals surface area (Å²) in [6, 6.07) is 7.60. The van der Waals surface area contributed by atoms with Crippen molar-refractivity contribution >= 4 is 22.8 Å². The Labute approximate surface area is 123 Å². The Kier molecular flexibility index (Phi) is 3.96. The summed E-state index contributed by atoms with van der Waals surface area (Å²) in [6.45, 7) is 4.71. The van der Waals surface area contributed by atoms with Gasteiger partial charge >= 0.3 is 0 Å². The van der Waals surface area contributed by atoms with E-state index in [0.717, 1.165) is 24.0 Å². The first-order valence-corrected chi connectivity index (χ1v) is 7.26. The van der Waals surface area contributed by atoms with E-state index in [0.29, 0.717) is 19.0 Å². The van der Waals surface area contributed by atoms with Crippen LogP contribution in [0.2, 0.25) is 0 Å². The number of para-hydroxylation sites is 1. The van der Waals surface area contributed by atoms with Gasteiger partial charge in [-0.3, -0.25) is 4.79 Å². The number of nitrogens with zero attached hydrogens (tertiary/aromatic N) is 3. The highest BCUT2D eigenvalue weighted by Gasteiger charge is 2.30. The number of fused-ring (bicyclic) bond motifs is 1. The summed E-state index contributed by atoms with van der Waals surface area (Å²) in [6.07, 6.45) is 1.81. The van der Waals surface area contributed by atoms with Gasteiger partial charge in [0.05, 0.1) is 5.52 Å². The number of likely N-dealkylation sites (N-methyl/N-ethyl adjacent to an activating group) is 1. The highest BCUT2D eigenvalue weighted by atomic mass is 16.2. The van der Waals surface area contributed by atoms with Crippen LogP contribution < -0.4 is 15.5 Å². The first-order valence-electron chi connectivity index (χ1n) is 7.26. The molecular formula is C15H19N5O. The highest BCUT2D eigenvalue weighted by molar-refractivity contribution is 5.86. The maximum absolute atomic E-state index is 12.2. The normalized spacial score (nSPS) is 18.7. The Hall–Kier alpha value is -2.21. The Balaban J connectivity index is 1.92. The second-order valence-corrected chi connectivity index (χ2v) is 5.04. The lowest BCUT2D eigenvalue weighted by molar-refractivity contribution is -0.122. The van der Waals surface area contributed by atoms with E-state index >= 15 is 0 Å². The molecule has 21 heavy (non-hydrogen) atoms. The van der Waals surface area contributed by atoms with Crippen LogP contribution in [0.25, 0.3) is 10.9 Å². The molecule has 6 heteroatoms. The molecule has 1 aliphatic rings. The van der Waals surface area contributed by atoms with Crippen LogP contribution in [0, 0.1) is 0 Å². The minimum atomic E-state index is -0.264. The van der Waals surface area contributed by atoms with Gasteiger partial charge in [0.15, 0.2) is 0 Å². The van der Waals surface area contributed by atoms with E-state index in [2.05, 4.69) is 20.6 Å². The molecule has 0 radical (unpaired) electrons. The van der Waals surface area contributed by atoms with Crippen molar-refractivity contribution in [3.05, 3.63) is 30.5 Å². The number of piperazine rings is 1. The van der Waals surface area contributed by atoms with E-state index in [4.69, 9.17) is 0 Å². The second kappa shape index (κ2) is 6.05. The van der Waals surface area contributed by atoms with Crippen molar-refractivity contribution < 1.29 is 4.79 Å². The SMILES string of the molecule is CCNC(=O)C1CNCCN1c1ncc2ccccc2n1. The second-order valence-electron chi connectivity index (χ2n) is 5.04. The summed E-state index contributed by atoms with van der Waals surface area (Å²) >= 11 is 0. The molecule has 1 atom stereocenters. The number of carbonyl (C=O) groups is 1. The van der Waals surface area contributed by atoms with E-state index in [1.165, 1.54) is 0 Å². The Morgan fingerprint density at radius 1 is 1.48 bits per heavy atom. The molecule has 2 heterocycles. The summed E-state index contributed by atoms with van der Waals surface area (Å²) in [5.41, 5.74) is 0.899. The standard InChI is InChI=1S/C15H19N5O/c1-2-17-14(21)13-10-16-7-8-20(13)15-18-9-11-5-3-4-6-12(11)19-15/h3-6,9,13,16H,2,7-8,10H2,1H3,(H,17,21). The first-order chi connectivity index (χ1) is 10.3.